The van der Waals surface area contributed by atoms with E-state index >= 15 is 0 Å². The van der Waals surface area contributed by atoms with Crippen LogP contribution in [0.3, 0.4) is 0 Å². The van der Waals surface area contributed by atoms with Gasteiger partial charge in [-0.2, -0.15) is 5.10 Å². The Morgan fingerprint density at radius 2 is 1.93 bits per heavy atom. The monoisotopic (exact) mass is 399 g/mol. The third-order valence-corrected chi connectivity index (χ3v) is 5.86. The first kappa shape index (κ1) is 19.0. The lowest BCUT2D eigenvalue weighted by Crippen LogP contribution is -2.49. The molecule has 3 heterocycles. The highest BCUT2D eigenvalue weighted by atomic mass is 32.2. The maximum Gasteiger partial charge on any atom is 0.257 e. The van der Waals surface area contributed by atoms with Crippen molar-refractivity contribution in [2.24, 2.45) is 0 Å². The van der Waals surface area contributed by atoms with E-state index in [1.165, 1.54) is 17.5 Å². The Bertz CT molecular complexity index is 926. The maximum atomic E-state index is 12.5. The van der Waals surface area contributed by atoms with Gasteiger partial charge in [0, 0.05) is 38.4 Å². The molecule has 1 saturated heterocycles. The van der Waals surface area contributed by atoms with Crippen LogP contribution in [0.2, 0.25) is 0 Å². The van der Waals surface area contributed by atoms with E-state index < -0.39 is 0 Å². The van der Waals surface area contributed by atoms with Gasteiger partial charge in [0.2, 0.25) is 5.91 Å². The molecule has 148 valence electrons. The first-order valence-electron chi connectivity index (χ1n) is 9.58. The summed E-state index contributed by atoms with van der Waals surface area (Å²) in [5.74, 6) is 0.504. The molecule has 0 atom stereocenters. The first-order chi connectivity index (χ1) is 13.6. The number of thioether (sulfide) groups is 1. The topological polar surface area (TPSA) is 67.4 Å². The summed E-state index contributed by atoms with van der Waals surface area (Å²) in [6.07, 6.45) is 0. The molecule has 0 spiro atoms. The van der Waals surface area contributed by atoms with Gasteiger partial charge in [-0.15, -0.1) is 0 Å². The third kappa shape index (κ3) is 4.39. The molecule has 4 rings (SSSR count). The van der Waals surface area contributed by atoms with Crippen LogP contribution >= 0.6 is 11.8 Å². The van der Waals surface area contributed by atoms with Crippen LogP contribution in [-0.4, -0.2) is 68.9 Å². The van der Waals surface area contributed by atoms with Gasteiger partial charge >= 0.3 is 0 Å². The number of amides is 1. The van der Waals surface area contributed by atoms with Crippen LogP contribution in [-0.2, 0) is 11.3 Å². The Balaban J connectivity index is 1.22. The maximum absolute atomic E-state index is 12.5. The number of hydrogen-bond donors (Lipinski definition) is 0. The van der Waals surface area contributed by atoms with Gasteiger partial charge in [0.05, 0.1) is 18.0 Å². The first-order valence-corrected chi connectivity index (χ1v) is 10.6. The summed E-state index contributed by atoms with van der Waals surface area (Å²) in [6, 6.07) is 9.75. The largest absolute Gasteiger partial charge is 0.431 e. The molecule has 0 N–H and O–H groups in total. The highest BCUT2D eigenvalue weighted by Gasteiger charge is 2.21. The number of oxazole rings is 1. The van der Waals surface area contributed by atoms with Crippen LogP contribution in [0.5, 0.6) is 0 Å². The van der Waals surface area contributed by atoms with Crippen LogP contribution in [0.25, 0.3) is 11.1 Å². The average molecular weight is 400 g/mol. The van der Waals surface area contributed by atoms with Crippen molar-refractivity contribution in [1.82, 2.24) is 24.6 Å². The molecular formula is C20H25N5O2S. The van der Waals surface area contributed by atoms with Crippen molar-refractivity contribution in [2.75, 3.05) is 38.5 Å². The number of carbonyl (C=O) groups excluding carboxylic acids is 1. The van der Waals surface area contributed by atoms with Crippen LogP contribution in [0, 0.1) is 13.8 Å². The zero-order chi connectivity index (χ0) is 19.5. The molecule has 0 saturated carbocycles. The molecular weight excluding hydrogens is 374 g/mol. The van der Waals surface area contributed by atoms with Gasteiger partial charge in [0.15, 0.2) is 5.58 Å². The summed E-state index contributed by atoms with van der Waals surface area (Å²) in [6.45, 7) is 9.30. The molecule has 28 heavy (non-hydrogen) atoms. The number of para-hydroxylation sites is 2. The Kier molecular flexibility index (Phi) is 5.68. The van der Waals surface area contributed by atoms with Crippen molar-refractivity contribution in [3.05, 3.63) is 41.7 Å². The van der Waals surface area contributed by atoms with E-state index in [1.807, 2.05) is 36.1 Å². The Hall–Kier alpha value is -2.32. The molecule has 0 radical (unpaired) electrons. The fourth-order valence-corrected chi connectivity index (χ4v) is 4.23. The Morgan fingerprint density at radius 3 is 2.64 bits per heavy atom. The van der Waals surface area contributed by atoms with Gasteiger partial charge in [-0.1, -0.05) is 23.9 Å². The normalized spacial score (nSPS) is 15.4. The van der Waals surface area contributed by atoms with Crippen molar-refractivity contribution in [1.29, 1.82) is 0 Å². The number of aromatic nitrogens is 3. The van der Waals surface area contributed by atoms with E-state index in [-0.39, 0.29) is 5.91 Å². The second kappa shape index (κ2) is 8.36. The number of nitrogens with zero attached hydrogens (tertiary/aromatic N) is 5. The fraction of sp³-hybridized carbons (Fsp3) is 0.450. The summed E-state index contributed by atoms with van der Waals surface area (Å²) < 4.78 is 7.73. The molecule has 7 nitrogen and oxygen atoms in total. The molecule has 2 aromatic heterocycles. The van der Waals surface area contributed by atoms with Crippen molar-refractivity contribution < 1.29 is 9.21 Å². The molecule has 8 heteroatoms. The Labute approximate surface area is 168 Å². The molecule has 1 amide bonds. The minimum Gasteiger partial charge on any atom is -0.431 e. The molecule has 1 aliphatic rings. The molecule has 1 fully saturated rings. The molecule has 1 aliphatic heterocycles. The van der Waals surface area contributed by atoms with Gasteiger partial charge in [-0.3, -0.25) is 14.4 Å². The van der Waals surface area contributed by atoms with E-state index in [1.54, 1.807) is 0 Å². The number of rotatable bonds is 6. The predicted molar refractivity (Wildman–Crippen MR) is 109 cm³/mol. The number of piperazine rings is 1. The van der Waals surface area contributed by atoms with E-state index in [0.717, 1.165) is 56.1 Å². The molecule has 1 aromatic carbocycles. The van der Waals surface area contributed by atoms with Crippen molar-refractivity contribution >= 4 is 28.8 Å². The lowest BCUT2D eigenvalue weighted by atomic mass is 10.3. The van der Waals surface area contributed by atoms with Gasteiger partial charge < -0.3 is 9.32 Å². The third-order valence-electron chi connectivity index (χ3n) is 5.05. The quantitative estimate of drug-likeness (QED) is 0.594. The minimum absolute atomic E-state index is 0.144. The van der Waals surface area contributed by atoms with Gasteiger partial charge in [-0.25, -0.2) is 4.98 Å². The van der Waals surface area contributed by atoms with Crippen LogP contribution in [0.4, 0.5) is 0 Å². The SMILES string of the molecule is Cc1cc(C)n(CCN2CCN(C(=O)CSc3nc4ccccc4o3)CC2)n1. The standard InChI is InChI=1S/C20H25N5O2S/c1-15-13-16(2)25(22-15)12-9-23-7-10-24(11-8-23)19(26)14-28-20-21-17-5-3-4-6-18(17)27-20/h3-6,13H,7-12,14H2,1-2H3. The highest BCUT2D eigenvalue weighted by molar-refractivity contribution is 7.99. The number of benzene rings is 1. The minimum atomic E-state index is 0.144. The zero-order valence-corrected chi connectivity index (χ0v) is 17.1. The zero-order valence-electron chi connectivity index (χ0n) is 16.3. The summed E-state index contributed by atoms with van der Waals surface area (Å²) in [7, 11) is 0. The van der Waals surface area contributed by atoms with Crippen LogP contribution < -0.4 is 0 Å². The highest BCUT2D eigenvalue weighted by Crippen LogP contribution is 2.23. The van der Waals surface area contributed by atoms with Crippen molar-refractivity contribution in [2.45, 2.75) is 25.6 Å². The predicted octanol–water partition coefficient (Wildman–Crippen LogP) is 2.58. The molecule has 0 unspecified atom stereocenters. The lowest BCUT2D eigenvalue weighted by Gasteiger charge is -2.34. The summed E-state index contributed by atoms with van der Waals surface area (Å²) >= 11 is 1.37. The van der Waals surface area contributed by atoms with Gasteiger partial charge in [-0.05, 0) is 32.0 Å². The summed E-state index contributed by atoms with van der Waals surface area (Å²) in [5.41, 5.74) is 3.84. The van der Waals surface area contributed by atoms with E-state index in [0.29, 0.717) is 11.0 Å². The van der Waals surface area contributed by atoms with E-state index in [2.05, 4.69) is 32.7 Å². The number of fused-ring (bicyclic) bond motifs is 1. The van der Waals surface area contributed by atoms with Crippen LogP contribution in [0.1, 0.15) is 11.4 Å². The molecule has 0 bridgehead atoms. The van der Waals surface area contributed by atoms with Crippen molar-refractivity contribution in [3.63, 3.8) is 0 Å². The lowest BCUT2D eigenvalue weighted by molar-refractivity contribution is -0.130. The summed E-state index contributed by atoms with van der Waals surface area (Å²) in [5, 5.41) is 5.07. The number of hydrogen-bond acceptors (Lipinski definition) is 6. The van der Waals surface area contributed by atoms with Gasteiger partial charge in [0.25, 0.3) is 5.22 Å². The Morgan fingerprint density at radius 1 is 1.14 bits per heavy atom. The number of carbonyl (C=O) groups is 1. The smallest absolute Gasteiger partial charge is 0.257 e. The average Bonchev–Trinajstić information content (AvgIpc) is 3.26. The van der Waals surface area contributed by atoms with E-state index in [4.69, 9.17) is 4.42 Å². The second-order valence-corrected chi connectivity index (χ2v) is 8.04. The van der Waals surface area contributed by atoms with Crippen molar-refractivity contribution in [3.8, 4) is 0 Å². The molecule has 3 aromatic rings. The summed E-state index contributed by atoms with van der Waals surface area (Å²) in [4.78, 5) is 21.3. The number of aryl methyl sites for hydroxylation is 2. The molecule has 0 aliphatic carbocycles. The fourth-order valence-electron chi connectivity index (χ4n) is 3.49. The van der Waals surface area contributed by atoms with Gasteiger partial charge in [0.1, 0.15) is 5.52 Å². The van der Waals surface area contributed by atoms with E-state index in [9.17, 15) is 4.79 Å². The second-order valence-electron chi connectivity index (χ2n) is 7.11. The van der Waals surface area contributed by atoms with Crippen LogP contribution in [0.15, 0.2) is 40.0 Å².